The second-order valence-corrected chi connectivity index (χ2v) is 6.55. The predicted octanol–water partition coefficient (Wildman–Crippen LogP) is 2.17. The highest BCUT2D eigenvalue weighted by Gasteiger charge is 2.41. The highest BCUT2D eigenvalue weighted by Crippen LogP contribution is 2.31. The molecule has 1 saturated heterocycles. The molecule has 2 unspecified atom stereocenters. The van der Waals surface area contributed by atoms with Gasteiger partial charge in [-0.3, -0.25) is 9.59 Å². The summed E-state index contributed by atoms with van der Waals surface area (Å²) < 4.78 is 19.8. The van der Waals surface area contributed by atoms with Gasteiger partial charge in [-0.25, -0.2) is 4.39 Å². The van der Waals surface area contributed by atoms with Gasteiger partial charge in [0.25, 0.3) is 5.91 Å². The van der Waals surface area contributed by atoms with Gasteiger partial charge in [-0.1, -0.05) is 37.5 Å². The van der Waals surface area contributed by atoms with Gasteiger partial charge in [0.15, 0.2) is 6.10 Å². The number of halogens is 1. The van der Waals surface area contributed by atoms with Crippen LogP contribution in [0.1, 0.15) is 43.7 Å². The minimum Gasteiger partial charge on any atom is -0.356 e. The number of hydrogen-bond donors (Lipinski definition) is 1. The van der Waals surface area contributed by atoms with E-state index in [1.807, 2.05) is 0 Å². The summed E-state index contributed by atoms with van der Waals surface area (Å²) in [6, 6.07) is 5.59. The van der Waals surface area contributed by atoms with E-state index in [2.05, 4.69) is 5.32 Å². The number of rotatable bonds is 3. The van der Waals surface area contributed by atoms with E-state index in [1.165, 1.54) is 17.4 Å². The molecule has 2 amide bonds. The number of amides is 2. The fraction of sp³-hybridized carbons (Fsp3) is 0.556. The van der Waals surface area contributed by atoms with Crippen LogP contribution in [0.3, 0.4) is 0 Å². The van der Waals surface area contributed by atoms with E-state index in [0.717, 1.165) is 25.7 Å². The number of ether oxygens (including phenoxy) is 1. The molecule has 1 aliphatic heterocycles. The fourth-order valence-corrected chi connectivity index (χ4v) is 3.55. The molecule has 1 aliphatic carbocycles. The minimum absolute atomic E-state index is 0.138. The van der Waals surface area contributed by atoms with Crippen LogP contribution in [-0.4, -0.2) is 42.5 Å². The van der Waals surface area contributed by atoms with Gasteiger partial charge in [-0.05, 0) is 18.9 Å². The van der Waals surface area contributed by atoms with Gasteiger partial charge in [0.2, 0.25) is 5.91 Å². The second-order valence-electron chi connectivity index (χ2n) is 6.55. The SMILES string of the molecule is CN1C(=O)COC(C(=O)NC2CCCCC2)C1c1ccccc1F. The molecule has 0 radical (unpaired) electrons. The number of nitrogens with one attached hydrogen (secondary N) is 1. The molecule has 0 bridgehead atoms. The molecular formula is C18H23FN2O3. The van der Waals surface area contributed by atoms with Gasteiger partial charge in [0.1, 0.15) is 12.4 Å². The molecular weight excluding hydrogens is 311 g/mol. The van der Waals surface area contributed by atoms with Gasteiger partial charge in [-0.15, -0.1) is 0 Å². The summed E-state index contributed by atoms with van der Waals surface area (Å²) in [6.45, 7) is -0.162. The molecule has 1 N–H and O–H groups in total. The standard InChI is InChI=1S/C18H23FN2O3/c1-21-15(22)11-24-17(16(21)13-9-5-6-10-14(13)19)18(23)20-12-7-3-2-4-8-12/h5-6,9-10,12,16-17H,2-4,7-8,11H2,1H3,(H,20,23). The lowest BCUT2D eigenvalue weighted by Gasteiger charge is -2.39. The smallest absolute Gasteiger partial charge is 0.251 e. The van der Waals surface area contributed by atoms with Crippen LogP contribution in [0.5, 0.6) is 0 Å². The number of morpholine rings is 1. The van der Waals surface area contributed by atoms with Crippen molar-refractivity contribution in [1.29, 1.82) is 0 Å². The molecule has 24 heavy (non-hydrogen) atoms. The number of nitrogens with zero attached hydrogens (tertiary/aromatic N) is 1. The lowest BCUT2D eigenvalue weighted by Crippen LogP contribution is -2.54. The maximum absolute atomic E-state index is 14.2. The van der Waals surface area contributed by atoms with Crippen LogP contribution in [-0.2, 0) is 14.3 Å². The third kappa shape index (κ3) is 3.43. The average Bonchev–Trinajstić information content (AvgIpc) is 2.59. The monoisotopic (exact) mass is 334 g/mol. The summed E-state index contributed by atoms with van der Waals surface area (Å²) in [7, 11) is 1.59. The van der Waals surface area contributed by atoms with Gasteiger partial charge in [-0.2, -0.15) is 0 Å². The Morgan fingerprint density at radius 1 is 1.25 bits per heavy atom. The first-order chi connectivity index (χ1) is 11.6. The second kappa shape index (κ2) is 7.30. The summed E-state index contributed by atoms with van der Waals surface area (Å²) in [6.07, 6.45) is 4.42. The van der Waals surface area contributed by atoms with Crippen molar-refractivity contribution < 1.29 is 18.7 Å². The first-order valence-corrected chi connectivity index (χ1v) is 8.50. The summed E-state index contributed by atoms with van der Waals surface area (Å²) in [5.74, 6) is -0.970. The van der Waals surface area contributed by atoms with Gasteiger partial charge >= 0.3 is 0 Å². The van der Waals surface area contributed by atoms with E-state index in [9.17, 15) is 14.0 Å². The van der Waals surface area contributed by atoms with E-state index >= 15 is 0 Å². The summed E-state index contributed by atoms with van der Waals surface area (Å²) in [4.78, 5) is 26.1. The zero-order valence-corrected chi connectivity index (χ0v) is 13.8. The Kier molecular flexibility index (Phi) is 5.14. The van der Waals surface area contributed by atoms with Crippen LogP contribution in [0.25, 0.3) is 0 Å². The van der Waals surface area contributed by atoms with Crippen LogP contribution in [0.4, 0.5) is 4.39 Å². The van der Waals surface area contributed by atoms with Crippen molar-refractivity contribution in [2.24, 2.45) is 0 Å². The number of carbonyl (C=O) groups is 2. The van der Waals surface area contributed by atoms with Gasteiger partial charge in [0, 0.05) is 18.7 Å². The van der Waals surface area contributed by atoms with Crippen molar-refractivity contribution in [1.82, 2.24) is 10.2 Å². The quantitative estimate of drug-likeness (QED) is 0.922. The Hall–Kier alpha value is -1.95. The third-order valence-electron chi connectivity index (χ3n) is 4.92. The van der Waals surface area contributed by atoms with Crippen molar-refractivity contribution in [3.8, 4) is 0 Å². The van der Waals surface area contributed by atoms with E-state index < -0.39 is 18.0 Å². The topological polar surface area (TPSA) is 58.6 Å². The number of hydrogen-bond acceptors (Lipinski definition) is 3. The highest BCUT2D eigenvalue weighted by atomic mass is 19.1. The highest BCUT2D eigenvalue weighted by molar-refractivity contribution is 5.86. The molecule has 0 aromatic heterocycles. The number of benzene rings is 1. The van der Waals surface area contributed by atoms with Gasteiger partial charge < -0.3 is 15.0 Å². The molecule has 1 aromatic carbocycles. The van der Waals surface area contributed by atoms with E-state index in [0.29, 0.717) is 5.56 Å². The lowest BCUT2D eigenvalue weighted by atomic mass is 9.93. The largest absolute Gasteiger partial charge is 0.356 e. The van der Waals surface area contributed by atoms with Crippen molar-refractivity contribution >= 4 is 11.8 Å². The Bertz CT molecular complexity index is 616. The molecule has 1 heterocycles. The van der Waals surface area contributed by atoms with Crippen molar-refractivity contribution in [2.75, 3.05) is 13.7 Å². The number of carbonyl (C=O) groups excluding carboxylic acids is 2. The molecule has 2 atom stereocenters. The average molecular weight is 334 g/mol. The Morgan fingerprint density at radius 2 is 1.96 bits per heavy atom. The Morgan fingerprint density at radius 3 is 2.67 bits per heavy atom. The molecule has 0 spiro atoms. The molecule has 2 aliphatic rings. The maximum atomic E-state index is 14.2. The van der Waals surface area contributed by atoms with E-state index in [-0.39, 0.29) is 24.5 Å². The summed E-state index contributed by atoms with van der Waals surface area (Å²) in [5, 5.41) is 3.02. The maximum Gasteiger partial charge on any atom is 0.251 e. The first-order valence-electron chi connectivity index (χ1n) is 8.50. The first kappa shape index (κ1) is 16.9. The zero-order valence-electron chi connectivity index (χ0n) is 13.8. The molecule has 1 saturated carbocycles. The molecule has 1 aromatic rings. The fourth-order valence-electron chi connectivity index (χ4n) is 3.55. The summed E-state index contributed by atoms with van der Waals surface area (Å²) >= 11 is 0. The van der Waals surface area contributed by atoms with Crippen LogP contribution in [0, 0.1) is 5.82 Å². The normalized spacial score (nSPS) is 25.6. The lowest BCUT2D eigenvalue weighted by molar-refractivity contribution is -0.162. The van der Waals surface area contributed by atoms with E-state index in [1.54, 1.807) is 25.2 Å². The molecule has 2 fully saturated rings. The number of likely N-dealkylation sites (N-methyl/N-ethyl adjacent to an activating group) is 1. The van der Waals surface area contributed by atoms with Crippen LogP contribution in [0.2, 0.25) is 0 Å². The van der Waals surface area contributed by atoms with Crippen LogP contribution >= 0.6 is 0 Å². The third-order valence-corrected chi connectivity index (χ3v) is 4.92. The van der Waals surface area contributed by atoms with Gasteiger partial charge in [0.05, 0.1) is 6.04 Å². The predicted molar refractivity (Wildman–Crippen MR) is 86.7 cm³/mol. The van der Waals surface area contributed by atoms with Crippen LogP contribution in [0.15, 0.2) is 24.3 Å². The van der Waals surface area contributed by atoms with Crippen molar-refractivity contribution in [3.05, 3.63) is 35.6 Å². The minimum atomic E-state index is -0.897. The Balaban J connectivity index is 1.82. The zero-order chi connectivity index (χ0) is 17.1. The molecule has 6 heteroatoms. The van der Waals surface area contributed by atoms with E-state index in [4.69, 9.17) is 4.74 Å². The van der Waals surface area contributed by atoms with Crippen molar-refractivity contribution in [3.63, 3.8) is 0 Å². The molecule has 130 valence electrons. The Labute approximate surface area is 141 Å². The molecule has 3 rings (SSSR count). The van der Waals surface area contributed by atoms with Crippen molar-refractivity contribution in [2.45, 2.75) is 50.3 Å². The van der Waals surface area contributed by atoms with Crippen LogP contribution < -0.4 is 5.32 Å². The summed E-state index contributed by atoms with van der Waals surface area (Å²) in [5.41, 5.74) is 0.303. The molecule has 5 nitrogen and oxygen atoms in total.